The van der Waals surface area contributed by atoms with Crippen LogP contribution >= 0.6 is 22.9 Å². The third-order valence-corrected chi connectivity index (χ3v) is 9.39. The van der Waals surface area contributed by atoms with E-state index < -0.39 is 23.4 Å². The van der Waals surface area contributed by atoms with Gasteiger partial charge in [-0.2, -0.15) is 0 Å². The van der Waals surface area contributed by atoms with Gasteiger partial charge in [-0.3, -0.25) is 14.4 Å². The van der Waals surface area contributed by atoms with E-state index in [1.165, 1.54) is 11.3 Å². The van der Waals surface area contributed by atoms with Crippen LogP contribution in [0.1, 0.15) is 47.4 Å². The molecule has 39 heavy (non-hydrogen) atoms. The summed E-state index contributed by atoms with van der Waals surface area (Å²) in [7, 11) is 1.59. The molecule has 0 bridgehead atoms. The van der Waals surface area contributed by atoms with Gasteiger partial charge in [-0.1, -0.05) is 66.2 Å². The normalized spacial score (nSPS) is 22.1. The van der Waals surface area contributed by atoms with Crippen molar-refractivity contribution in [1.82, 2.24) is 0 Å². The highest BCUT2D eigenvalue weighted by Crippen LogP contribution is 2.61. The number of rotatable bonds is 4. The molecule has 1 aromatic heterocycles. The lowest BCUT2D eigenvalue weighted by Gasteiger charge is -2.37. The lowest BCUT2D eigenvalue weighted by atomic mass is 9.64. The Kier molecular flexibility index (Phi) is 5.41. The van der Waals surface area contributed by atoms with Gasteiger partial charge in [0.1, 0.15) is 17.2 Å². The maximum atomic E-state index is 14.6. The summed E-state index contributed by atoms with van der Waals surface area (Å²) in [5.41, 5.74) is 1.63. The molecule has 3 heterocycles. The summed E-state index contributed by atoms with van der Waals surface area (Å²) < 4.78 is 5.39. The van der Waals surface area contributed by atoms with Gasteiger partial charge in [-0.05, 0) is 52.9 Å². The molecule has 3 aromatic carbocycles. The molecule has 1 fully saturated rings. The Morgan fingerprint density at radius 3 is 2.31 bits per heavy atom. The molecule has 7 rings (SSSR count). The van der Waals surface area contributed by atoms with Crippen molar-refractivity contribution in [3.8, 4) is 5.75 Å². The SMILES string of the molecule is COc1ccc([C@H]2[C@@H](C(=O)c3cccs3)N3c4ccc(Cl)cc4C=C[C@@H]3C23C(=O)c2ccccc2C3=O)cc1. The van der Waals surface area contributed by atoms with E-state index in [0.717, 1.165) is 16.8 Å². The second-order valence-corrected chi connectivity index (χ2v) is 11.4. The zero-order valence-corrected chi connectivity index (χ0v) is 22.4. The Balaban J connectivity index is 1.54. The lowest BCUT2D eigenvalue weighted by Crippen LogP contribution is -2.48. The highest BCUT2D eigenvalue weighted by atomic mass is 35.5. The number of anilines is 1. The van der Waals surface area contributed by atoms with Gasteiger partial charge in [-0.15, -0.1) is 11.3 Å². The average Bonchev–Trinajstić information content (AvgIpc) is 3.66. The second-order valence-electron chi connectivity index (χ2n) is 10.0. The summed E-state index contributed by atoms with van der Waals surface area (Å²) in [4.78, 5) is 46.2. The van der Waals surface area contributed by atoms with E-state index in [-0.39, 0.29) is 17.3 Å². The number of hydrogen-bond acceptors (Lipinski definition) is 6. The molecule has 1 aliphatic carbocycles. The molecule has 0 unspecified atom stereocenters. The van der Waals surface area contributed by atoms with Gasteiger partial charge in [-0.25, -0.2) is 0 Å². The molecule has 3 aliphatic rings. The number of halogens is 1. The highest BCUT2D eigenvalue weighted by Gasteiger charge is 2.71. The van der Waals surface area contributed by atoms with Crippen molar-refractivity contribution in [2.24, 2.45) is 5.41 Å². The van der Waals surface area contributed by atoms with Crippen LogP contribution in [0.25, 0.3) is 6.08 Å². The molecule has 5 nitrogen and oxygen atoms in total. The minimum absolute atomic E-state index is 0.125. The molecule has 0 saturated carbocycles. The fourth-order valence-corrected chi connectivity index (χ4v) is 7.57. The van der Waals surface area contributed by atoms with Gasteiger partial charge in [0.05, 0.1) is 18.0 Å². The highest BCUT2D eigenvalue weighted by molar-refractivity contribution is 7.12. The summed E-state index contributed by atoms with van der Waals surface area (Å²) in [6, 6.07) is 22.0. The van der Waals surface area contributed by atoms with Crippen molar-refractivity contribution >= 4 is 52.1 Å². The van der Waals surface area contributed by atoms with E-state index in [9.17, 15) is 14.4 Å². The van der Waals surface area contributed by atoms with Crippen LogP contribution < -0.4 is 9.64 Å². The number of ether oxygens (including phenoxy) is 1. The van der Waals surface area contributed by atoms with Crippen LogP contribution in [0.15, 0.2) is 90.3 Å². The molecule has 7 heteroatoms. The van der Waals surface area contributed by atoms with E-state index in [0.29, 0.717) is 26.8 Å². The average molecular weight is 552 g/mol. The van der Waals surface area contributed by atoms with E-state index in [2.05, 4.69) is 0 Å². The van der Waals surface area contributed by atoms with Crippen LogP contribution in [0.5, 0.6) is 5.75 Å². The number of carbonyl (C=O) groups excluding carboxylic acids is 3. The third kappa shape index (κ3) is 3.22. The molecule has 0 N–H and O–H groups in total. The Morgan fingerprint density at radius 1 is 0.949 bits per heavy atom. The molecular formula is C32H22ClNO4S. The molecule has 0 radical (unpaired) electrons. The van der Waals surface area contributed by atoms with Crippen molar-refractivity contribution in [3.63, 3.8) is 0 Å². The van der Waals surface area contributed by atoms with E-state index >= 15 is 0 Å². The van der Waals surface area contributed by atoms with E-state index in [1.807, 2.05) is 64.9 Å². The molecular weight excluding hydrogens is 530 g/mol. The number of ketones is 3. The second kappa shape index (κ2) is 8.76. The van der Waals surface area contributed by atoms with Crippen LogP contribution in [0.2, 0.25) is 5.02 Å². The van der Waals surface area contributed by atoms with E-state index in [4.69, 9.17) is 16.3 Å². The first-order valence-electron chi connectivity index (χ1n) is 12.6. The summed E-state index contributed by atoms with van der Waals surface area (Å²) in [5.74, 6) is -0.719. The molecule has 2 aliphatic heterocycles. The maximum absolute atomic E-state index is 14.6. The number of benzene rings is 3. The number of methoxy groups -OCH3 is 1. The van der Waals surface area contributed by atoms with Crippen LogP contribution in [0.4, 0.5) is 5.69 Å². The van der Waals surface area contributed by atoms with Crippen molar-refractivity contribution in [1.29, 1.82) is 0 Å². The van der Waals surface area contributed by atoms with Crippen LogP contribution in [0.3, 0.4) is 0 Å². The van der Waals surface area contributed by atoms with Crippen molar-refractivity contribution in [2.45, 2.75) is 18.0 Å². The smallest absolute Gasteiger partial charge is 0.195 e. The quantitative estimate of drug-likeness (QED) is 0.208. The number of hydrogen-bond donors (Lipinski definition) is 0. The first kappa shape index (κ1) is 24.1. The van der Waals surface area contributed by atoms with Crippen LogP contribution in [-0.4, -0.2) is 36.5 Å². The Bertz CT molecular complexity index is 1660. The topological polar surface area (TPSA) is 63.7 Å². The van der Waals surface area contributed by atoms with Gasteiger partial charge < -0.3 is 9.64 Å². The minimum atomic E-state index is -1.52. The summed E-state index contributed by atoms with van der Waals surface area (Å²) in [6.45, 7) is 0. The summed E-state index contributed by atoms with van der Waals surface area (Å²) >= 11 is 7.70. The van der Waals surface area contributed by atoms with Gasteiger partial charge in [0.25, 0.3) is 0 Å². The van der Waals surface area contributed by atoms with Crippen LogP contribution in [-0.2, 0) is 0 Å². The molecule has 192 valence electrons. The predicted molar refractivity (Wildman–Crippen MR) is 152 cm³/mol. The Morgan fingerprint density at radius 2 is 1.67 bits per heavy atom. The van der Waals surface area contributed by atoms with Crippen LogP contribution in [0, 0.1) is 5.41 Å². The number of nitrogens with zero attached hydrogens (tertiary/aromatic N) is 1. The molecule has 4 aromatic rings. The summed E-state index contributed by atoms with van der Waals surface area (Å²) in [6.07, 6.45) is 3.81. The largest absolute Gasteiger partial charge is 0.497 e. The molecule has 0 amide bonds. The number of Topliss-reactive ketones (excluding diaryl/α,β-unsaturated/α-hetero) is 3. The minimum Gasteiger partial charge on any atom is -0.497 e. The van der Waals surface area contributed by atoms with Crippen molar-refractivity contribution in [2.75, 3.05) is 12.0 Å². The fraction of sp³-hybridized carbons (Fsp3) is 0.156. The predicted octanol–water partition coefficient (Wildman–Crippen LogP) is 6.73. The molecule has 3 atom stereocenters. The van der Waals surface area contributed by atoms with Gasteiger partial charge in [0.15, 0.2) is 17.3 Å². The van der Waals surface area contributed by atoms with E-state index in [1.54, 1.807) is 43.5 Å². The number of fused-ring (bicyclic) bond motifs is 5. The fourth-order valence-electron chi connectivity index (χ4n) is 6.70. The van der Waals surface area contributed by atoms with Crippen molar-refractivity contribution < 1.29 is 19.1 Å². The number of carbonyl (C=O) groups is 3. The standard InChI is InChI=1S/C32H22ClNO4S/c1-38-21-12-8-18(9-13-21)27-28(29(35)25-7-4-16-39-25)34-24-14-11-20(33)17-19(24)10-15-26(34)32(27)30(36)22-5-2-3-6-23(22)31(32)37/h2-17,26-28H,1H3/t26-,27+,28+/m1/s1. The third-order valence-electron chi connectivity index (χ3n) is 8.27. The first-order chi connectivity index (χ1) is 19.0. The number of thiophene rings is 1. The van der Waals surface area contributed by atoms with Gasteiger partial charge in [0.2, 0.25) is 0 Å². The van der Waals surface area contributed by atoms with Crippen molar-refractivity contribution in [3.05, 3.63) is 122 Å². The Hall–Kier alpha value is -4.00. The zero-order chi connectivity index (χ0) is 26.9. The maximum Gasteiger partial charge on any atom is 0.195 e. The zero-order valence-electron chi connectivity index (χ0n) is 20.8. The molecule has 1 saturated heterocycles. The molecule has 1 spiro atoms. The Labute approximate surface area is 234 Å². The van der Waals surface area contributed by atoms with Gasteiger partial charge in [0, 0.05) is 27.8 Å². The lowest BCUT2D eigenvalue weighted by molar-refractivity contribution is 0.0666. The first-order valence-corrected chi connectivity index (χ1v) is 13.9. The monoisotopic (exact) mass is 551 g/mol. The summed E-state index contributed by atoms with van der Waals surface area (Å²) in [5, 5.41) is 2.43. The van der Waals surface area contributed by atoms with Gasteiger partial charge >= 0.3 is 0 Å².